The van der Waals surface area contributed by atoms with Gasteiger partial charge in [-0.25, -0.2) is 4.79 Å². The van der Waals surface area contributed by atoms with Gasteiger partial charge in [-0.3, -0.25) is 0 Å². The molecule has 0 aliphatic carbocycles. The van der Waals surface area contributed by atoms with Crippen LogP contribution < -0.4 is 0 Å². The molecule has 1 rings (SSSR count). The summed E-state index contributed by atoms with van der Waals surface area (Å²) in [4.78, 5) is 10.4. The number of carbonyl (C=O) groups is 1. The summed E-state index contributed by atoms with van der Waals surface area (Å²) in [5, 5.41) is 18.5. The van der Waals surface area contributed by atoms with Crippen molar-refractivity contribution in [1.82, 2.24) is 0 Å². The molecule has 0 bridgehead atoms. The Bertz CT molecular complexity index is 369. The number of rotatable bonds is 3. The summed E-state index contributed by atoms with van der Waals surface area (Å²) in [6, 6.07) is 2.89. The summed E-state index contributed by atoms with van der Waals surface area (Å²) < 4.78 is 0. The molecule has 0 aliphatic rings. The molecule has 1 aromatic carbocycles. The van der Waals surface area contributed by atoms with Crippen molar-refractivity contribution < 1.29 is 15.0 Å². The summed E-state index contributed by atoms with van der Waals surface area (Å²) in [5.74, 6) is -1.32. The molecule has 0 spiro atoms. The Balaban J connectivity index is 3.00. The van der Waals surface area contributed by atoms with Crippen LogP contribution in [-0.2, 0) is 11.2 Å². The zero-order valence-corrected chi connectivity index (χ0v) is 9.64. The molecule has 0 aliphatic heterocycles. The van der Waals surface area contributed by atoms with Crippen LogP contribution in [0.25, 0.3) is 0 Å². The number of hydrogen-bond acceptors (Lipinski definition) is 2. The molecule has 0 radical (unpaired) electrons. The van der Waals surface area contributed by atoms with Crippen molar-refractivity contribution in [2.75, 3.05) is 0 Å². The fraction of sp³-hybridized carbons (Fsp3) is 0.222. The van der Waals surface area contributed by atoms with Crippen molar-refractivity contribution in [2.45, 2.75) is 12.5 Å². The Hall–Kier alpha value is -0.480. The predicted octanol–water partition coefficient (Wildman–Crippen LogP) is 2.63. The molecule has 0 amide bonds. The minimum Gasteiger partial charge on any atom is -0.479 e. The second kappa shape index (κ2) is 5.03. The van der Waals surface area contributed by atoms with Crippen LogP contribution >= 0.6 is 34.8 Å². The molecule has 1 aromatic rings. The summed E-state index contributed by atoms with van der Waals surface area (Å²) in [6.07, 6.45) is -1.68. The summed E-state index contributed by atoms with van der Waals surface area (Å²) in [7, 11) is 0. The molecular formula is C9H7Cl3O3. The number of hydrogen-bond donors (Lipinski definition) is 2. The van der Waals surface area contributed by atoms with Gasteiger partial charge in [0.15, 0.2) is 6.10 Å². The van der Waals surface area contributed by atoms with Gasteiger partial charge in [-0.1, -0.05) is 34.8 Å². The fourth-order valence-corrected chi connectivity index (χ4v) is 2.02. The molecule has 6 heteroatoms. The lowest BCUT2D eigenvalue weighted by Gasteiger charge is -2.09. The Labute approximate surface area is 101 Å². The number of aliphatic hydroxyl groups is 1. The highest BCUT2D eigenvalue weighted by Crippen LogP contribution is 2.29. The first kappa shape index (κ1) is 12.6. The van der Waals surface area contributed by atoms with E-state index in [-0.39, 0.29) is 16.5 Å². The molecule has 0 aromatic heterocycles. The van der Waals surface area contributed by atoms with Crippen molar-refractivity contribution >= 4 is 40.8 Å². The average molecular weight is 270 g/mol. The topological polar surface area (TPSA) is 57.5 Å². The molecule has 1 unspecified atom stereocenters. The Morgan fingerprint density at radius 3 is 2.13 bits per heavy atom. The van der Waals surface area contributed by atoms with Crippen LogP contribution in [-0.4, -0.2) is 22.3 Å². The van der Waals surface area contributed by atoms with Crippen molar-refractivity contribution in [3.63, 3.8) is 0 Å². The lowest BCUT2D eigenvalue weighted by molar-refractivity contribution is -0.146. The van der Waals surface area contributed by atoms with Crippen molar-refractivity contribution in [3.8, 4) is 0 Å². The molecule has 15 heavy (non-hydrogen) atoms. The minimum atomic E-state index is -1.53. The van der Waals surface area contributed by atoms with Gasteiger partial charge < -0.3 is 10.2 Å². The normalized spacial score (nSPS) is 12.5. The number of halogens is 3. The third-order valence-electron chi connectivity index (χ3n) is 1.79. The molecule has 0 heterocycles. The molecule has 0 saturated carbocycles. The van der Waals surface area contributed by atoms with Crippen molar-refractivity contribution in [1.29, 1.82) is 0 Å². The standard InChI is InChI=1S/C9H7Cl3O3/c10-4-1-6(11)5(7(12)2-4)3-8(13)9(14)15/h1-2,8,13H,3H2,(H,14,15). The SMILES string of the molecule is O=C(O)C(O)Cc1c(Cl)cc(Cl)cc1Cl. The van der Waals surface area contributed by atoms with Crippen LogP contribution in [0.3, 0.4) is 0 Å². The van der Waals surface area contributed by atoms with E-state index in [1.807, 2.05) is 0 Å². The zero-order valence-electron chi connectivity index (χ0n) is 7.38. The largest absolute Gasteiger partial charge is 0.479 e. The fourth-order valence-electron chi connectivity index (χ4n) is 1.05. The first-order chi connectivity index (χ1) is 6.91. The monoisotopic (exact) mass is 268 g/mol. The van der Waals surface area contributed by atoms with Crippen molar-refractivity contribution in [2.24, 2.45) is 0 Å². The summed E-state index contributed by atoms with van der Waals surface area (Å²) in [5.41, 5.74) is 0.373. The van der Waals surface area contributed by atoms with Crippen LogP contribution in [0.5, 0.6) is 0 Å². The molecule has 0 saturated heterocycles. The van der Waals surface area contributed by atoms with Gasteiger partial charge in [0.1, 0.15) is 0 Å². The van der Waals surface area contributed by atoms with Crippen molar-refractivity contribution in [3.05, 3.63) is 32.8 Å². The molecule has 0 fully saturated rings. The summed E-state index contributed by atoms with van der Waals surface area (Å²) in [6.45, 7) is 0. The third kappa shape index (κ3) is 3.24. The third-order valence-corrected chi connectivity index (χ3v) is 2.68. The van der Waals surface area contributed by atoms with E-state index in [0.717, 1.165) is 0 Å². The smallest absolute Gasteiger partial charge is 0.332 e. The Morgan fingerprint density at radius 2 is 1.73 bits per heavy atom. The van der Waals surface area contributed by atoms with E-state index in [1.165, 1.54) is 12.1 Å². The van der Waals surface area contributed by atoms with Gasteiger partial charge in [0.2, 0.25) is 0 Å². The number of carboxylic acids is 1. The highest BCUT2D eigenvalue weighted by Gasteiger charge is 2.18. The predicted molar refractivity (Wildman–Crippen MR) is 58.8 cm³/mol. The highest BCUT2D eigenvalue weighted by atomic mass is 35.5. The maximum absolute atomic E-state index is 10.4. The van der Waals surface area contributed by atoms with Gasteiger partial charge in [0, 0.05) is 21.5 Å². The van der Waals surface area contributed by atoms with Gasteiger partial charge in [0.05, 0.1) is 0 Å². The minimum absolute atomic E-state index is 0.149. The van der Waals surface area contributed by atoms with Gasteiger partial charge >= 0.3 is 5.97 Å². The zero-order chi connectivity index (χ0) is 11.6. The van der Waals surface area contributed by atoms with Crippen LogP contribution in [0, 0.1) is 0 Å². The average Bonchev–Trinajstić information content (AvgIpc) is 2.10. The van der Waals surface area contributed by atoms with Gasteiger partial charge in [-0.15, -0.1) is 0 Å². The van der Waals surface area contributed by atoms with Gasteiger partial charge in [-0.2, -0.15) is 0 Å². The van der Waals surface area contributed by atoms with E-state index >= 15 is 0 Å². The molecule has 82 valence electrons. The quantitative estimate of drug-likeness (QED) is 0.887. The van der Waals surface area contributed by atoms with Crippen LogP contribution in [0.1, 0.15) is 5.56 Å². The Kier molecular flexibility index (Phi) is 4.22. The van der Waals surface area contributed by atoms with Crippen LogP contribution in [0.15, 0.2) is 12.1 Å². The second-order valence-electron chi connectivity index (χ2n) is 2.91. The highest BCUT2D eigenvalue weighted by molar-refractivity contribution is 6.39. The van der Waals surface area contributed by atoms with Crippen LogP contribution in [0.4, 0.5) is 0 Å². The molecular weight excluding hydrogens is 262 g/mol. The van der Waals surface area contributed by atoms with Gasteiger partial charge in [0.25, 0.3) is 0 Å². The first-order valence-corrected chi connectivity index (χ1v) is 5.09. The summed E-state index contributed by atoms with van der Waals surface area (Å²) >= 11 is 17.3. The maximum Gasteiger partial charge on any atom is 0.332 e. The Morgan fingerprint density at radius 1 is 1.27 bits per heavy atom. The van der Waals surface area contributed by atoms with E-state index in [0.29, 0.717) is 10.6 Å². The number of aliphatic carboxylic acids is 1. The molecule has 2 N–H and O–H groups in total. The molecule has 3 nitrogen and oxygen atoms in total. The number of benzene rings is 1. The van der Waals surface area contributed by atoms with E-state index in [1.54, 1.807) is 0 Å². The lowest BCUT2D eigenvalue weighted by Crippen LogP contribution is -2.22. The van der Waals surface area contributed by atoms with E-state index in [4.69, 9.17) is 45.0 Å². The molecule has 1 atom stereocenters. The van der Waals surface area contributed by atoms with E-state index < -0.39 is 12.1 Å². The number of carboxylic acid groups (broad SMARTS) is 1. The number of aliphatic hydroxyl groups excluding tert-OH is 1. The first-order valence-electron chi connectivity index (χ1n) is 3.96. The van der Waals surface area contributed by atoms with E-state index in [2.05, 4.69) is 0 Å². The maximum atomic E-state index is 10.4. The lowest BCUT2D eigenvalue weighted by atomic mass is 10.1. The van der Waals surface area contributed by atoms with E-state index in [9.17, 15) is 4.79 Å². The second-order valence-corrected chi connectivity index (χ2v) is 4.16. The van der Waals surface area contributed by atoms with Gasteiger partial charge in [-0.05, 0) is 17.7 Å². The van der Waals surface area contributed by atoms with Crippen LogP contribution in [0.2, 0.25) is 15.1 Å².